The van der Waals surface area contributed by atoms with Crippen LogP contribution in [0.15, 0.2) is 28.8 Å². The number of benzene rings is 1. The van der Waals surface area contributed by atoms with Gasteiger partial charge in [0.2, 0.25) is 5.91 Å². The molecule has 0 N–H and O–H groups in total. The van der Waals surface area contributed by atoms with Crippen LogP contribution < -0.4 is 4.90 Å². The number of rotatable bonds is 4. The van der Waals surface area contributed by atoms with Crippen LogP contribution in [0.4, 0.5) is 5.69 Å². The lowest BCUT2D eigenvalue weighted by atomic mass is 10.1. The maximum absolute atomic E-state index is 12.9. The summed E-state index contributed by atoms with van der Waals surface area (Å²) in [6.07, 6.45) is 3.68. The normalized spacial score (nSPS) is 19.5. The fourth-order valence-electron chi connectivity index (χ4n) is 4.21. The molecule has 2 aromatic rings. The molecule has 2 aliphatic rings. The Bertz CT molecular complexity index is 763. The lowest BCUT2D eigenvalue weighted by Gasteiger charge is -2.30. The molecule has 2 aliphatic heterocycles. The van der Waals surface area contributed by atoms with Gasteiger partial charge in [0.15, 0.2) is 0 Å². The number of carbonyl (C=O) groups is 1. The van der Waals surface area contributed by atoms with E-state index in [0.29, 0.717) is 12.5 Å². The predicted molar refractivity (Wildman–Crippen MR) is 96.8 cm³/mol. The molecule has 0 saturated carbocycles. The Kier molecular flexibility index (Phi) is 4.24. The number of fused-ring (bicyclic) bond motifs is 1. The van der Waals surface area contributed by atoms with Gasteiger partial charge in [-0.1, -0.05) is 23.4 Å². The van der Waals surface area contributed by atoms with E-state index >= 15 is 0 Å². The first kappa shape index (κ1) is 16.2. The van der Waals surface area contributed by atoms with Crippen molar-refractivity contribution in [2.75, 3.05) is 24.5 Å². The van der Waals surface area contributed by atoms with Gasteiger partial charge in [-0.15, -0.1) is 0 Å². The van der Waals surface area contributed by atoms with E-state index in [1.54, 1.807) is 0 Å². The Morgan fingerprint density at radius 1 is 1.28 bits per heavy atom. The van der Waals surface area contributed by atoms with E-state index in [1.807, 2.05) is 13.8 Å². The van der Waals surface area contributed by atoms with Crippen LogP contribution in [0.3, 0.4) is 0 Å². The maximum atomic E-state index is 12.9. The third kappa shape index (κ3) is 3.03. The topological polar surface area (TPSA) is 49.6 Å². The summed E-state index contributed by atoms with van der Waals surface area (Å²) in [6.45, 7) is 6.64. The number of para-hydroxylation sites is 1. The summed E-state index contributed by atoms with van der Waals surface area (Å²) in [5.74, 6) is 0.958. The average molecular weight is 339 g/mol. The number of amides is 1. The van der Waals surface area contributed by atoms with Gasteiger partial charge >= 0.3 is 0 Å². The number of aromatic nitrogens is 1. The number of hydrogen-bond donors (Lipinski definition) is 0. The van der Waals surface area contributed by atoms with E-state index in [9.17, 15) is 4.79 Å². The lowest BCUT2D eigenvalue weighted by Crippen LogP contribution is -2.43. The summed E-state index contributed by atoms with van der Waals surface area (Å²) in [7, 11) is 0. The molecular weight excluding hydrogens is 314 g/mol. The van der Waals surface area contributed by atoms with Gasteiger partial charge in [0.1, 0.15) is 5.76 Å². The summed E-state index contributed by atoms with van der Waals surface area (Å²) in [6, 6.07) is 8.93. The van der Waals surface area contributed by atoms with Gasteiger partial charge in [0.05, 0.1) is 12.1 Å². The van der Waals surface area contributed by atoms with Crippen molar-refractivity contribution in [1.29, 1.82) is 0 Å². The molecule has 1 unspecified atom stereocenters. The molecule has 1 atom stereocenters. The quantitative estimate of drug-likeness (QED) is 0.859. The van der Waals surface area contributed by atoms with Crippen molar-refractivity contribution in [3.63, 3.8) is 0 Å². The van der Waals surface area contributed by atoms with E-state index in [0.717, 1.165) is 55.9 Å². The van der Waals surface area contributed by atoms with Crippen LogP contribution in [0.5, 0.6) is 0 Å². The smallest absolute Gasteiger partial charge is 0.227 e. The summed E-state index contributed by atoms with van der Waals surface area (Å²) < 4.78 is 5.20. The number of aryl methyl sites for hydroxylation is 2. The zero-order chi connectivity index (χ0) is 17.4. The molecule has 1 amide bonds. The highest BCUT2D eigenvalue weighted by Crippen LogP contribution is 2.30. The van der Waals surface area contributed by atoms with Crippen LogP contribution >= 0.6 is 0 Å². The number of likely N-dealkylation sites (tertiary alicyclic amines) is 1. The van der Waals surface area contributed by atoms with Crippen molar-refractivity contribution in [3.8, 4) is 0 Å². The predicted octanol–water partition coefficient (Wildman–Crippen LogP) is 2.89. The minimum atomic E-state index is 0.199. The van der Waals surface area contributed by atoms with Crippen molar-refractivity contribution >= 4 is 11.6 Å². The molecule has 0 spiro atoms. The molecule has 5 nitrogen and oxygen atoms in total. The highest BCUT2D eigenvalue weighted by molar-refractivity contribution is 5.80. The largest absolute Gasteiger partial charge is 0.369 e. The molecule has 1 saturated heterocycles. The van der Waals surface area contributed by atoms with Crippen molar-refractivity contribution in [2.45, 2.75) is 45.6 Å². The number of nitrogens with zero attached hydrogens (tertiary/aromatic N) is 3. The third-order valence-corrected chi connectivity index (χ3v) is 5.62. The number of anilines is 1. The standard InChI is InChI=1S/C20H25N3O2/c1-14-18(15(2)25-21-14)12-20(24)23-10-5-7-17(23)13-22-11-9-16-6-3-4-8-19(16)22/h3-4,6,8,17H,5,7,9-13H2,1-2H3. The second-order valence-electron chi connectivity index (χ2n) is 7.19. The minimum Gasteiger partial charge on any atom is -0.369 e. The molecule has 0 radical (unpaired) electrons. The Balaban J connectivity index is 1.45. The van der Waals surface area contributed by atoms with Crippen LogP contribution in [0.1, 0.15) is 35.4 Å². The van der Waals surface area contributed by atoms with Crippen LogP contribution in [-0.4, -0.2) is 41.6 Å². The van der Waals surface area contributed by atoms with Crippen LogP contribution in [-0.2, 0) is 17.6 Å². The first-order valence-corrected chi connectivity index (χ1v) is 9.17. The fourth-order valence-corrected chi connectivity index (χ4v) is 4.21. The summed E-state index contributed by atoms with van der Waals surface area (Å²) >= 11 is 0. The molecule has 5 heteroatoms. The van der Waals surface area contributed by atoms with Crippen LogP contribution in [0.2, 0.25) is 0 Å². The molecule has 4 rings (SSSR count). The SMILES string of the molecule is Cc1noc(C)c1CC(=O)N1CCCC1CN1CCc2ccccc21. The lowest BCUT2D eigenvalue weighted by molar-refractivity contribution is -0.131. The number of carbonyl (C=O) groups excluding carboxylic acids is 1. The van der Waals surface area contributed by atoms with Crippen molar-refractivity contribution in [2.24, 2.45) is 0 Å². The first-order valence-electron chi connectivity index (χ1n) is 9.17. The van der Waals surface area contributed by atoms with Gasteiger partial charge in [-0.3, -0.25) is 4.79 Å². The van der Waals surface area contributed by atoms with Gasteiger partial charge in [-0.2, -0.15) is 0 Å². The van der Waals surface area contributed by atoms with Gasteiger partial charge < -0.3 is 14.3 Å². The van der Waals surface area contributed by atoms with Crippen molar-refractivity contribution < 1.29 is 9.32 Å². The van der Waals surface area contributed by atoms with Crippen molar-refractivity contribution in [1.82, 2.24) is 10.1 Å². The van der Waals surface area contributed by atoms with Crippen molar-refractivity contribution in [3.05, 3.63) is 46.8 Å². The Labute approximate surface area is 148 Å². The second-order valence-corrected chi connectivity index (χ2v) is 7.19. The minimum absolute atomic E-state index is 0.199. The zero-order valence-corrected chi connectivity index (χ0v) is 15.0. The molecule has 0 bridgehead atoms. The van der Waals surface area contributed by atoms with E-state index < -0.39 is 0 Å². The molecule has 132 valence electrons. The van der Waals surface area contributed by atoms with Gasteiger partial charge in [-0.05, 0) is 44.7 Å². The molecule has 3 heterocycles. The second kappa shape index (κ2) is 6.54. The third-order valence-electron chi connectivity index (χ3n) is 5.62. The van der Waals surface area contributed by atoms with Crippen LogP contribution in [0, 0.1) is 13.8 Å². The summed E-state index contributed by atoms with van der Waals surface area (Å²) in [5.41, 5.74) is 4.54. The molecular formula is C20H25N3O2. The van der Waals surface area contributed by atoms with E-state index in [1.165, 1.54) is 11.3 Å². The molecule has 1 fully saturated rings. The summed E-state index contributed by atoms with van der Waals surface area (Å²) in [4.78, 5) is 17.4. The average Bonchev–Trinajstić information content (AvgIpc) is 3.31. The van der Waals surface area contributed by atoms with Gasteiger partial charge in [0.25, 0.3) is 0 Å². The first-order chi connectivity index (χ1) is 12.1. The molecule has 1 aromatic heterocycles. The monoisotopic (exact) mass is 339 g/mol. The molecule has 25 heavy (non-hydrogen) atoms. The van der Waals surface area contributed by atoms with Crippen LogP contribution in [0.25, 0.3) is 0 Å². The maximum Gasteiger partial charge on any atom is 0.227 e. The number of hydrogen-bond acceptors (Lipinski definition) is 4. The van der Waals surface area contributed by atoms with E-state index in [-0.39, 0.29) is 5.91 Å². The highest BCUT2D eigenvalue weighted by Gasteiger charge is 2.32. The highest BCUT2D eigenvalue weighted by atomic mass is 16.5. The Hall–Kier alpha value is -2.30. The molecule has 0 aliphatic carbocycles. The summed E-state index contributed by atoms with van der Waals surface area (Å²) in [5, 5.41) is 3.97. The zero-order valence-electron chi connectivity index (χ0n) is 15.0. The fraction of sp³-hybridized carbons (Fsp3) is 0.500. The van der Waals surface area contributed by atoms with Gasteiger partial charge in [0, 0.05) is 36.9 Å². The van der Waals surface area contributed by atoms with E-state index in [4.69, 9.17) is 4.52 Å². The Morgan fingerprint density at radius 2 is 2.12 bits per heavy atom. The van der Waals surface area contributed by atoms with Gasteiger partial charge in [-0.25, -0.2) is 0 Å². The van der Waals surface area contributed by atoms with E-state index in [2.05, 4.69) is 39.2 Å². The molecule has 1 aromatic carbocycles. The Morgan fingerprint density at radius 3 is 2.92 bits per heavy atom.